The van der Waals surface area contributed by atoms with Crippen LogP contribution in [0.15, 0.2) is 53.4 Å². The van der Waals surface area contributed by atoms with Crippen molar-refractivity contribution >= 4 is 33.0 Å². The number of nitro groups is 1. The van der Waals surface area contributed by atoms with Gasteiger partial charge in [0.2, 0.25) is 0 Å². The zero-order valence-electron chi connectivity index (χ0n) is 18.5. The highest BCUT2D eigenvalue weighted by Crippen LogP contribution is 2.28. The SMILES string of the molecule is CCCCn1nc(C)c(NC(=O)c2ccccc2NS(=O)(=O)c2ccccc2[N+](=O)[O-])c1C. The normalized spacial score (nSPS) is 11.2. The van der Waals surface area contributed by atoms with E-state index in [2.05, 4.69) is 22.1 Å². The third-order valence-electron chi connectivity index (χ3n) is 5.11. The van der Waals surface area contributed by atoms with Crippen molar-refractivity contribution < 1.29 is 18.1 Å². The molecule has 3 aromatic rings. The number of nitro benzene ring substituents is 1. The van der Waals surface area contributed by atoms with E-state index in [-0.39, 0.29) is 11.3 Å². The molecular formula is C22H25N5O5S. The molecule has 3 rings (SSSR count). The quantitative estimate of drug-likeness (QED) is 0.353. The van der Waals surface area contributed by atoms with Gasteiger partial charge in [-0.1, -0.05) is 37.6 Å². The van der Waals surface area contributed by atoms with E-state index in [0.717, 1.165) is 37.2 Å². The number of nitrogens with one attached hydrogen (secondary N) is 2. The maximum atomic E-state index is 13.1. The highest BCUT2D eigenvalue weighted by atomic mass is 32.2. The van der Waals surface area contributed by atoms with Crippen LogP contribution in [0.4, 0.5) is 17.1 Å². The average molecular weight is 472 g/mol. The molecule has 0 saturated heterocycles. The maximum Gasteiger partial charge on any atom is 0.289 e. The van der Waals surface area contributed by atoms with Crippen LogP contribution in [0.3, 0.4) is 0 Å². The molecule has 0 aliphatic rings. The number of amides is 1. The first-order valence-corrected chi connectivity index (χ1v) is 11.8. The highest BCUT2D eigenvalue weighted by Gasteiger charge is 2.27. The molecule has 174 valence electrons. The van der Waals surface area contributed by atoms with Gasteiger partial charge in [0.15, 0.2) is 4.90 Å². The van der Waals surface area contributed by atoms with Crippen LogP contribution < -0.4 is 10.0 Å². The van der Waals surface area contributed by atoms with Gasteiger partial charge in [0, 0.05) is 12.6 Å². The molecule has 0 saturated carbocycles. The molecule has 10 nitrogen and oxygen atoms in total. The number of para-hydroxylation sites is 2. The van der Waals surface area contributed by atoms with Crippen LogP contribution in [0.5, 0.6) is 0 Å². The number of rotatable bonds is 9. The number of benzene rings is 2. The van der Waals surface area contributed by atoms with Crippen molar-refractivity contribution in [2.45, 2.75) is 45.1 Å². The Labute approximate surface area is 191 Å². The van der Waals surface area contributed by atoms with Gasteiger partial charge in [-0.25, -0.2) is 8.42 Å². The first-order valence-electron chi connectivity index (χ1n) is 10.4. The predicted octanol–water partition coefficient (Wildman–Crippen LogP) is 4.26. The van der Waals surface area contributed by atoms with Gasteiger partial charge >= 0.3 is 0 Å². The molecule has 0 atom stereocenters. The summed E-state index contributed by atoms with van der Waals surface area (Å²) in [5.41, 5.74) is 1.52. The smallest absolute Gasteiger partial charge is 0.289 e. The Bertz CT molecular complexity index is 1300. The van der Waals surface area contributed by atoms with Gasteiger partial charge in [0.25, 0.3) is 21.6 Å². The molecule has 2 aromatic carbocycles. The minimum atomic E-state index is -4.33. The van der Waals surface area contributed by atoms with Crippen LogP contribution in [0.25, 0.3) is 0 Å². The molecule has 0 aliphatic heterocycles. The van der Waals surface area contributed by atoms with E-state index in [4.69, 9.17) is 0 Å². The molecule has 1 amide bonds. The largest absolute Gasteiger partial charge is 0.319 e. The number of hydrogen-bond donors (Lipinski definition) is 2. The first kappa shape index (κ1) is 23.9. The summed E-state index contributed by atoms with van der Waals surface area (Å²) in [6.07, 6.45) is 1.96. The second-order valence-corrected chi connectivity index (χ2v) is 9.10. The average Bonchev–Trinajstić information content (AvgIpc) is 3.05. The second kappa shape index (κ2) is 9.82. The number of carbonyl (C=O) groups excluding carboxylic acids is 1. The van der Waals surface area contributed by atoms with Crippen molar-refractivity contribution in [1.82, 2.24) is 9.78 Å². The monoisotopic (exact) mass is 471 g/mol. The molecule has 0 spiro atoms. The molecule has 0 unspecified atom stereocenters. The van der Waals surface area contributed by atoms with Gasteiger partial charge in [-0.15, -0.1) is 0 Å². The number of sulfonamides is 1. The van der Waals surface area contributed by atoms with E-state index in [9.17, 15) is 23.3 Å². The van der Waals surface area contributed by atoms with Gasteiger partial charge in [-0.05, 0) is 38.5 Å². The third-order valence-corrected chi connectivity index (χ3v) is 6.52. The summed E-state index contributed by atoms with van der Waals surface area (Å²) in [5.74, 6) is -0.530. The van der Waals surface area contributed by atoms with Crippen molar-refractivity contribution in [3.05, 3.63) is 75.6 Å². The third kappa shape index (κ3) is 5.20. The van der Waals surface area contributed by atoms with Gasteiger partial charge in [-0.2, -0.15) is 5.10 Å². The zero-order chi connectivity index (χ0) is 24.2. The summed E-state index contributed by atoms with van der Waals surface area (Å²) in [6.45, 7) is 6.45. The predicted molar refractivity (Wildman–Crippen MR) is 125 cm³/mol. The van der Waals surface area contributed by atoms with Gasteiger partial charge in [0.05, 0.1) is 33.2 Å². The minimum Gasteiger partial charge on any atom is -0.319 e. The van der Waals surface area contributed by atoms with Crippen LogP contribution in [0.2, 0.25) is 0 Å². The number of hydrogen-bond acceptors (Lipinski definition) is 6. The van der Waals surface area contributed by atoms with Crippen molar-refractivity contribution in [3.63, 3.8) is 0 Å². The Morgan fingerprint density at radius 1 is 1.12 bits per heavy atom. The molecule has 0 aliphatic carbocycles. The molecule has 11 heteroatoms. The Balaban J connectivity index is 1.91. The highest BCUT2D eigenvalue weighted by molar-refractivity contribution is 7.92. The molecule has 0 bridgehead atoms. The molecule has 1 heterocycles. The number of carbonyl (C=O) groups is 1. The van der Waals surface area contributed by atoms with Gasteiger partial charge in [0.1, 0.15) is 0 Å². The van der Waals surface area contributed by atoms with E-state index in [1.54, 1.807) is 19.1 Å². The van der Waals surface area contributed by atoms with Crippen molar-refractivity contribution in [3.8, 4) is 0 Å². The fourth-order valence-corrected chi connectivity index (χ4v) is 4.64. The van der Waals surface area contributed by atoms with Gasteiger partial charge in [-0.3, -0.25) is 24.3 Å². The maximum absolute atomic E-state index is 13.1. The summed E-state index contributed by atoms with van der Waals surface area (Å²) < 4.78 is 30.0. The summed E-state index contributed by atoms with van der Waals surface area (Å²) in [7, 11) is -4.33. The van der Waals surface area contributed by atoms with Crippen molar-refractivity contribution in [1.29, 1.82) is 0 Å². The van der Waals surface area contributed by atoms with Gasteiger partial charge < -0.3 is 5.32 Å². The number of aryl methyl sites for hydroxylation is 2. The van der Waals surface area contributed by atoms with Crippen molar-refractivity contribution in [2.75, 3.05) is 10.0 Å². The Morgan fingerprint density at radius 3 is 2.48 bits per heavy atom. The molecule has 0 fully saturated rings. The lowest BCUT2D eigenvalue weighted by molar-refractivity contribution is -0.387. The molecular weight excluding hydrogens is 446 g/mol. The lowest BCUT2D eigenvalue weighted by Crippen LogP contribution is -2.19. The van der Waals surface area contributed by atoms with Crippen LogP contribution in [-0.4, -0.2) is 29.0 Å². The van der Waals surface area contributed by atoms with E-state index >= 15 is 0 Å². The summed E-state index contributed by atoms with van der Waals surface area (Å²) in [6, 6.07) is 11.1. The lowest BCUT2D eigenvalue weighted by Gasteiger charge is -2.13. The summed E-state index contributed by atoms with van der Waals surface area (Å²) >= 11 is 0. The fourth-order valence-electron chi connectivity index (χ4n) is 3.39. The Hall–Kier alpha value is -3.73. The Morgan fingerprint density at radius 2 is 1.79 bits per heavy atom. The molecule has 33 heavy (non-hydrogen) atoms. The van der Waals surface area contributed by atoms with Crippen LogP contribution in [-0.2, 0) is 16.6 Å². The lowest BCUT2D eigenvalue weighted by atomic mass is 10.1. The molecule has 0 radical (unpaired) electrons. The molecule has 1 aromatic heterocycles. The van der Waals surface area contributed by atoms with Crippen LogP contribution in [0, 0.1) is 24.0 Å². The van der Waals surface area contributed by atoms with E-state index in [0.29, 0.717) is 11.4 Å². The minimum absolute atomic E-state index is 0.00170. The number of unbranched alkanes of at least 4 members (excludes halogenated alkanes) is 1. The summed E-state index contributed by atoms with van der Waals surface area (Å²) in [4.78, 5) is 23.1. The van der Waals surface area contributed by atoms with Crippen LogP contribution in [0.1, 0.15) is 41.5 Å². The standard InChI is InChI=1S/C22H25N5O5S/c1-4-5-14-26-16(3)21(15(2)24-26)23-22(28)17-10-6-7-11-18(17)25-33(31,32)20-13-9-8-12-19(20)27(29)30/h6-13,25H,4-5,14H2,1-3H3,(H,23,28). The van der Waals surface area contributed by atoms with E-state index in [1.807, 2.05) is 11.6 Å². The number of nitrogens with zero attached hydrogens (tertiary/aromatic N) is 3. The van der Waals surface area contributed by atoms with Crippen LogP contribution >= 0.6 is 0 Å². The van der Waals surface area contributed by atoms with Crippen molar-refractivity contribution in [2.24, 2.45) is 0 Å². The fraction of sp³-hybridized carbons (Fsp3) is 0.273. The van der Waals surface area contributed by atoms with E-state index in [1.165, 1.54) is 24.3 Å². The van der Waals surface area contributed by atoms with E-state index < -0.39 is 31.4 Å². The number of aromatic nitrogens is 2. The number of anilines is 2. The zero-order valence-corrected chi connectivity index (χ0v) is 19.3. The first-order chi connectivity index (χ1) is 15.7. The second-order valence-electron chi connectivity index (χ2n) is 7.45. The Kier molecular flexibility index (Phi) is 7.12. The summed E-state index contributed by atoms with van der Waals surface area (Å²) in [5, 5.41) is 18.6. The molecule has 2 N–H and O–H groups in total. The topological polar surface area (TPSA) is 136 Å².